The summed E-state index contributed by atoms with van der Waals surface area (Å²) >= 11 is 6.72. The fourth-order valence-corrected chi connectivity index (χ4v) is 1.97. The van der Waals surface area contributed by atoms with Crippen LogP contribution in [0.25, 0.3) is 0 Å². The number of halogens is 2. The summed E-state index contributed by atoms with van der Waals surface area (Å²) in [5.41, 5.74) is 0. The molecule has 0 radical (unpaired) electrons. The Labute approximate surface area is 112 Å². The van der Waals surface area contributed by atoms with Crippen LogP contribution in [0.1, 0.15) is 5.82 Å². The first-order chi connectivity index (χ1) is 8.69. The maximum Gasteiger partial charge on any atom is 0.298 e. The normalized spacial score (nSPS) is 10.6. The third-order valence-corrected chi connectivity index (χ3v) is 2.94. The van der Waals surface area contributed by atoms with Crippen LogP contribution in [0.4, 0.5) is 4.39 Å². The van der Waals surface area contributed by atoms with Gasteiger partial charge in [-0.1, -0.05) is 11.6 Å². The molecule has 0 bridgehead atoms. The van der Waals surface area contributed by atoms with Crippen LogP contribution in [0.3, 0.4) is 0 Å². The van der Waals surface area contributed by atoms with Gasteiger partial charge in [0, 0.05) is 30.1 Å². The van der Waals surface area contributed by atoms with Crippen LogP contribution in [0, 0.1) is 5.82 Å². The second-order valence-corrected chi connectivity index (χ2v) is 4.55. The Bertz CT molecular complexity index is 536. The van der Waals surface area contributed by atoms with Gasteiger partial charge in [-0.05, 0) is 18.2 Å². The van der Waals surface area contributed by atoms with Gasteiger partial charge in [0.15, 0.2) is 11.6 Å². The van der Waals surface area contributed by atoms with Crippen LogP contribution in [0.5, 0.6) is 10.9 Å². The van der Waals surface area contributed by atoms with Crippen LogP contribution < -0.4 is 4.74 Å². The number of aromatic nitrogens is 2. The van der Waals surface area contributed by atoms with Crippen molar-refractivity contribution in [2.24, 2.45) is 0 Å². The molecule has 0 unspecified atom stereocenters. The largest absolute Gasteiger partial charge is 0.427 e. The molecule has 0 amide bonds. The van der Waals surface area contributed by atoms with Gasteiger partial charge in [0.05, 0.1) is 6.61 Å². The monoisotopic (exact) mass is 288 g/mol. The number of nitrogens with zero attached hydrogens (tertiary/aromatic N) is 2. The summed E-state index contributed by atoms with van der Waals surface area (Å²) in [5, 5.41) is 0.611. The van der Waals surface area contributed by atoms with Crippen molar-refractivity contribution in [2.45, 2.75) is 6.42 Å². The molecule has 1 aromatic heterocycles. The van der Waals surface area contributed by atoms with E-state index in [1.165, 1.54) is 12.1 Å². The summed E-state index contributed by atoms with van der Waals surface area (Å²) in [5.74, 6) is 0.163. The predicted molar refractivity (Wildman–Crippen MR) is 67.0 cm³/mol. The molecule has 1 heterocycles. The Morgan fingerprint density at radius 2 is 2.28 bits per heavy atom. The summed E-state index contributed by atoms with van der Waals surface area (Å²) in [6.07, 6.45) is 0.597. The van der Waals surface area contributed by atoms with Crippen molar-refractivity contribution in [1.82, 2.24) is 9.36 Å². The Hall–Kier alpha value is -1.24. The van der Waals surface area contributed by atoms with Crippen LogP contribution in [-0.4, -0.2) is 23.1 Å². The van der Waals surface area contributed by atoms with Gasteiger partial charge in [0.1, 0.15) is 5.82 Å². The van der Waals surface area contributed by atoms with Crippen molar-refractivity contribution in [2.75, 3.05) is 13.7 Å². The molecule has 0 spiro atoms. The van der Waals surface area contributed by atoms with Crippen molar-refractivity contribution in [3.63, 3.8) is 0 Å². The van der Waals surface area contributed by atoms with Gasteiger partial charge < -0.3 is 9.47 Å². The number of methoxy groups -OCH3 is 1. The lowest BCUT2D eigenvalue weighted by Crippen LogP contribution is -1.96. The van der Waals surface area contributed by atoms with Crippen LogP contribution in [0.15, 0.2) is 18.2 Å². The van der Waals surface area contributed by atoms with Gasteiger partial charge in [-0.3, -0.25) is 0 Å². The second kappa shape index (κ2) is 6.08. The maximum absolute atomic E-state index is 13.5. The van der Waals surface area contributed by atoms with Gasteiger partial charge >= 0.3 is 0 Å². The smallest absolute Gasteiger partial charge is 0.298 e. The second-order valence-electron chi connectivity index (χ2n) is 3.40. The van der Waals surface area contributed by atoms with Crippen LogP contribution in [-0.2, 0) is 11.2 Å². The molecule has 0 aliphatic carbocycles. The fourth-order valence-electron chi connectivity index (χ4n) is 1.23. The Kier molecular flexibility index (Phi) is 4.46. The van der Waals surface area contributed by atoms with E-state index in [0.29, 0.717) is 29.1 Å². The van der Waals surface area contributed by atoms with Gasteiger partial charge in [-0.2, -0.15) is 9.36 Å². The van der Waals surface area contributed by atoms with Crippen molar-refractivity contribution < 1.29 is 13.9 Å². The lowest BCUT2D eigenvalue weighted by Gasteiger charge is -2.02. The van der Waals surface area contributed by atoms with E-state index in [2.05, 4.69) is 9.36 Å². The highest BCUT2D eigenvalue weighted by atomic mass is 35.5. The minimum Gasteiger partial charge on any atom is -0.427 e. The molecule has 0 aliphatic rings. The van der Waals surface area contributed by atoms with Crippen LogP contribution in [0.2, 0.25) is 5.02 Å². The molecule has 0 saturated heterocycles. The molecular formula is C11H10ClFN2O2S. The highest BCUT2D eigenvalue weighted by Gasteiger charge is 2.09. The molecule has 18 heavy (non-hydrogen) atoms. The minimum absolute atomic E-state index is 0.0776. The maximum atomic E-state index is 13.5. The molecular weight excluding hydrogens is 279 g/mol. The average Bonchev–Trinajstić information content (AvgIpc) is 2.78. The Morgan fingerprint density at radius 3 is 3.00 bits per heavy atom. The topological polar surface area (TPSA) is 44.2 Å². The number of hydrogen-bond donors (Lipinski definition) is 0. The first-order valence-corrected chi connectivity index (χ1v) is 6.28. The molecule has 96 valence electrons. The summed E-state index contributed by atoms with van der Waals surface area (Å²) < 4.78 is 27.8. The molecule has 2 aromatic rings. The number of benzene rings is 1. The van der Waals surface area contributed by atoms with E-state index in [0.717, 1.165) is 11.5 Å². The van der Waals surface area contributed by atoms with Crippen molar-refractivity contribution in [1.29, 1.82) is 0 Å². The van der Waals surface area contributed by atoms with E-state index in [1.54, 1.807) is 13.2 Å². The van der Waals surface area contributed by atoms with E-state index < -0.39 is 5.82 Å². The number of rotatable bonds is 5. The quantitative estimate of drug-likeness (QED) is 0.847. The third-order valence-electron chi connectivity index (χ3n) is 2.07. The highest BCUT2D eigenvalue weighted by Crippen LogP contribution is 2.27. The van der Waals surface area contributed by atoms with E-state index in [9.17, 15) is 4.39 Å². The number of ether oxygens (including phenoxy) is 2. The number of hydrogen-bond acceptors (Lipinski definition) is 5. The Morgan fingerprint density at radius 1 is 1.44 bits per heavy atom. The summed E-state index contributed by atoms with van der Waals surface area (Å²) in [7, 11) is 1.60. The lowest BCUT2D eigenvalue weighted by atomic mass is 10.3. The summed E-state index contributed by atoms with van der Waals surface area (Å²) in [4.78, 5) is 4.11. The van der Waals surface area contributed by atoms with Crippen LogP contribution >= 0.6 is 23.1 Å². The molecule has 2 rings (SSSR count). The third kappa shape index (κ3) is 3.38. The summed E-state index contributed by atoms with van der Waals surface area (Å²) in [6, 6.07) is 4.19. The van der Waals surface area contributed by atoms with Crippen molar-refractivity contribution in [3.05, 3.63) is 34.9 Å². The first kappa shape index (κ1) is 13.2. The molecule has 0 saturated carbocycles. The first-order valence-electron chi connectivity index (χ1n) is 5.13. The fraction of sp³-hybridized carbons (Fsp3) is 0.273. The predicted octanol–water partition coefficient (Wildman–Crippen LogP) is 3.31. The molecule has 0 fully saturated rings. The molecule has 7 heteroatoms. The van der Waals surface area contributed by atoms with E-state index in [-0.39, 0.29) is 5.75 Å². The molecule has 0 atom stereocenters. The van der Waals surface area contributed by atoms with E-state index in [1.807, 2.05) is 0 Å². The van der Waals surface area contributed by atoms with Crippen molar-refractivity contribution in [3.8, 4) is 10.9 Å². The standard InChI is InChI=1S/C11H10ClFN2O2S/c1-16-5-4-10-14-11(18-15-10)17-9-3-2-7(12)6-8(9)13/h2-3,6H,4-5H2,1H3. The highest BCUT2D eigenvalue weighted by molar-refractivity contribution is 7.07. The van der Waals surface area contributed by atoms with E-state index in [4.69, 9.17) is 21.1 Å². The SMILES string of the molecule is COCCc1nsc(Oc2ccc(Cl)cc2F)n1. The zero-order chi connectivity index (χ0) is 13.0. The van der Waals surface area contributed by atoms with Gasteiger partial charge in [-0.15, -0.1) is 0 Å². The minimum atomic E-state index is -0.531. The molecule has 1 aromatic carbocycles. The lowest BCUT2D eigenvalue weighted by molar-refractivity contribution is 0.200. The zero-order valence-electron chi connectivity index (χ0n) is 9.52. The molecule has 4 nitrogen and oxygen atoms in total. The van der Waals surface area contributed by atoms with Gasteiger partial charge in [0.2, 0.25) is 0 Å². The zero-order valence-corrected chi connectivity index (χ0v) is 11.1. The molecule has 0 aliphatic heterocycles. The van der Waals surface area contributed by atoms with E-state index >= 15 is 0 Å². The van der Waals surface area contributed by atoms with Gasteiger partial charge in [-0.25, -0.2) is 4.39 Å². The Balaban J connectivity index is 2.06. The average molecular weight is 289 g/mol. The van der Waals surface area contributed by atoms with Gasteiger partial charge in [0.25, 0.3) is 5.19 Å². The molecule has 0 N–H and O–H groups in total. The van der Waals surface area contributed by atoms with Crippen molar-refractivity contribution >= 4 is 23.1 Å². The summed E-state index contributed by atoms with van der Waals surface area (Å²) in [6.45, 7) is 0.533.